The molecule has 8 nitrogen and oxygen atoms in total. The zero-order valence-electron chi connectivity index (χ0n) is 14.2. The van der Waals surface area contributed by atoms with Crippen LogP contribution in [0.3, 0.4) is 0 Å². The van der Waals surface area contributed by atoms with E-state index in [-0.39, 0.29) is 17.1 Å². The number of aromatic hydroxyl groups is 1. The monoisotopic (exact) mass is 328 g/mol. The summed E-state index contributed by atoms with van der Waals surface area (Å²) >= 11 is 0. The molecule has 0 aliphatic rings. The van der Waals surface area contributed by atoms with Crippen molar-refractivity contribution in [2.24, 2.45) is 17.3 Å². The summed E-state index contributed by atoms with van der Waals surface area (Å²) in [5.74, 6) is 0.111. The average Bonchev–Trinajstić information content (AvgIpc) is 2.86. The first-order valence-electron chi connectivity index (χ1n) is 7.69. The van der Waals surface area contributed by atoms with E-state index in [2.05, 4.69) is 15.3 Å². The molecule has 8 heteroatoms. The second-order valence-electron chi connectivity index (χ2n) is 5.56. The summed E-state index contributed by atoms with van der Waals surface area (Å²) in [6.45, 7) is 5.75. The number of pyridine rings is 1. The minimum Gasteiger partial charge on any atom is -0.493 e. The third-order valence-electron chi connectivity index (χ3n) is 3.86. The Bertz CT molecular complexity index is 866. The van der Waals surface area contributed by atoms with Crippen LogP contribution < -0.4 is 5.56 Å². The van der Waals surface area contributed by atoms with Crippen molar-refractivity contribution in [1.29, 1.82) is 5.26 Å². The molecule has 0 fully saturated rings. The molecule has 2 heterocycles. The molecule has 0 saturated carbocycles. The van der Waals surface area contributed by atoms with E-state index in [4.69, 9.17) is 0 Å². The molecule has 1 N–H and O–H groups in total. The second-order valence-corrected chi connectivity index (χ2v) is 5.56. The van der Waals surface area contributed by atoms with Gasteiger partial charge in [-0.2, -0.15) is 10.4 Å². The number of nitriles is 1. The van der Waals surface area contributed by atoms with E-state index in [1.807, 2.05) is 19.9 Å². The molecular weight excluding hydrogens is 308 g/mol. The van der Waals surface area contributed by atoms with Crippen molar-refractivity contribution in [3.63, 3.8) is 0 Å². The zero-order valence-corrected chi connectivity index (χ0v) is 14.2. The summed E-state index contributed by atoms with van der Waals surface area (Å²) in [6.07, 6.45) is 1.56. The topological polar surface area (TPSA) is 109 Å². The fourth-order valence-corrected chi connectivity index (χ4v) is 2.27. The van der Waals surface area contributed by atoms with E-state index in [1.54, 1.807) is 24.7 Å². The number of nitrogens with zero attached hydrogens (tertiary/aromatic N) is 6. The van der Waals surface area contributed by atoms with Crippen LogP contribution >= 0.6 is 0 Å². The van der Waals surface area contributed by atoms with Crippen LogP contribution in [-0.2, 0) is 13.6 Å². The fourth-order valence-electron chi connectivity index (χ4n) is 2.27. The molecule has 0 radical (unpaired) electrons. The smallest absolute Gasteiger partial charge is 0.271 e. The lowest BCUT2D eigenvalue weighted by atomic mass is 10.1. The Kier molecular flexibility index (Phi) is 5.14. The highest BCUT2D eigenvalue weighted by Gasteiger charge is 2.19. The number of hydrogen-bond donors (Lipinski definition) is 1. The van der Waals surface area contributed by atoms with E-state index < -0.39 is 5.56 Å². The average molecular weight is 328 g/mol. The second kappa shape index (κ2) is 7.08. The Labute approximate surface area is 139 Å². The number of hydrogen-bond acceptors (Lipinski definition) is 6. The van der Waals surface area contributed by atoms with Gasteiger partial charge in [-0.1, -0.05) is 13.3 Å². The summed E-state index contributed by atoms with van der Waals surface area (Å²) in [5, 5.41) is 31.9. The van der Waals surface area contributed by atoms with Crippen LogP contribution in [0.5, 0.6) is 5.88 Å². The summed E-state index contributed by atoms with van der Waals surface area (Å²) in [6, 6.07) is 3.64. The van der Waals surface area contributed by atoms with Gasteiger partial charge in [-0.25, -0.2) is 0 Å². The lowest BCUT2D eigenvalue weighted by Gasteiger charge is -2.12. The highest BCUT2D eigenvalue weighted by molar-refractivity contribution is 5.59. The van der Waals surface area contributed by atoms with Crippen LogP contribution in [0.25, 0.3) is 0 Å². The maximum Gasteiger partial charge on any atom is 0.271 e. The first-order valence-corrected chi connectivity index (χ1v) is 7.69. The van der Waals surface area contributed by atoms with Crippen molar-refractivity contribution in [3.05, 3.63) is 33.2 Å². The van der Waals surface area contributed by atoms with Crippen LogP contribution in [0.2, 0.25) is 0 Å². The van der Waals surface area contributed by atoms with Gasteiger partial charge in [-0.05, 0) is 20.3 Å². The van der Waals surface area contributed by atoms with Crippen molar-refractivity contribution in [2.45, 2.75) is 40.2 Å². The maximum absolute atomic E-state index is 12.3. The largest absolute Gasteiger partial charge is 0.493 e. The van der Waals surface area contributed by atoms with Crippen LogP contribution in [0.15, 0.2) is 21.1 Å². The van der Waals surface area contributed by atoms with Gasteiger partial charge in [0.15, 0.2) is 11.5 Å². The molecule has 0 aromatic carbocycles. The number of unbranched alkanes of at least 4 members (excludes halogenated alkanes) is 1. The first-order chi connectivity index (χ1) is 11.4. The Hall–Kier alpha value is -2.95. The molecule has 0 amide bonds. The van der Waals surface area contributed by atoms with Gasteiger partial charge in [0.1, 0.15) is 11.6 Å². The van der Waals surface area contributed by atoms with E-state index in [0.29, 0.717) is 24.3 Å². The van der Waals surface area contributed by atoms with Gasteiger partial charge in [0.2, 0.25) is 5.88 Å². The van der Waals surface area contributed by atoms with Crippen LogP contribution in [0.1, 0.15) is 36.6 Å². The van der Waals surface area contributed by atoms with Crippen LogP contribution in [0, 0.1) is 25.2 Å². The van der Waals surface area contributed by atoms with E-state index in [9.17, 15) is 15.2 Å². The van der Waals surface area contributed by atoms with Gasteiger partial charge in [0, 0.05) is 30.9 Å². The zero-order chi connectivity index (χ0) is 17.9. The van der Waals surface area contributed by atoms with Gasteiger partial charge in [-0.15, -0.1) is 10.2 Å². The summed E-state index contributed by atoms with van der Waals surface area (Å²) in [5.41, 5.74) is 0.800. The Morgan fingerprint density at radius 1 is 1.38 bits per heavy atom. The highest BCUT2D eigenvalue weighted by Crippen LogP contribution is 2.32. The first kappa shape index (κ1) is 17.4. The molecule has 0 bridgehead atoms. The minimum atomic E-state index is -0.506. The molecule has 0 saturated heterocycles. The Morgan fingerprint density at radius 2 is 2.08 bits per heavy atom. The summed E-state index contributed by atoms with van der Waals surface area (Å²) in [4.78, 5) is 12.3. The number of rotatable bonds is 5. The molecular formula is C16H20N6O2. The van der Waals surface area contributed by atoms with Crippen LogP contribution in [0.4, 0.5) is 11.5 Å². The normalized spacial score (nSPS) is 11.1. The molecule has 2 rings (SSSR count). The number of aromatic nitrogens is 3. The summed E-state index contributed by atoms with van der Waals surface area (Å²) < 4.78 is 2.83. The quantitative estimate of drug-likeness (QED) is 0.851. The van der Waals surface area contributed by atoms with Gasteiger partial charge >= 0.3 is 0 Å². The number of azo groups is 1. The minimum absolute atomic E-state index is 0.0324. The van der Waals surface area contributed by atoms with Gasteiger partial charge in [0.25, 0.3) is 5.56 Å². The molecule has 24 heavy (non-hydrogen) atoms. The van der Waals surface area contributed by atoms with E-state index in [0.717, 1.165) is 12.1 Å². The maximum atomic E-state index is 12.3. The predicted octanol–water partition coefficient (Wildman–Crippen LogP) is 2.99. The van der Waals surface area contributed by atoms with Gasteiger partial charge in [-0.3, -0.25) is 14.0 Å². The van der Waals surface area contributed by atoms with Gasteiger partial charge in [0.05, 0.1) is 0 Å². The Morgan fingerprint density at radius 3 is 2.62 bits per heavy atom. The molecule has 0 aliphatic heterocycles. The molecule has 0 spiro atoms. The SMILES string of the molecule is CCCCn1c(O)c(N=Nc2cc(C)n(C)n2)c(C)c(C#N)c1=O. The van der Waals surface area contributed by atoms with Gasteiger partial charge < -0.3 is 5.11 Å². The third-order valence-corrected chi connectivity index (χ3v) is 3.86. The highest BCUT2D eigenvalue weighted by atomic mass is 16.3. The molecule has 2 aromatic rings. The van der Waals surface area contributed by atoms with Crippen LogP contribution in [-0.4, -0.2) is 19.5 Å². The van der Waals surface area contributed by atoms with Crippen molar-refractivity contribution >= 4 is 11.5 Å². The molecule has 0 aliphatic carbocycles. The predicted molar refractivity (Wildman–Crippen MR) is 88.8 cm³/mol. The lowest BCUT2D eigenvalue weighted by molar-refractivity contribution is 0.402. The number of aryl methyl sites for hydroxylation is 2. The standard InChI is InChI=1S/C16H20N6O2/c1-5-6-7-22-15(23)12(9-17)11(3)14(16(22)24)19-18-13-8-10(2)21(4)20-13/h8,24H,5-7H2,1-4H3. The van der Waals surface area contributed by atoms with Crippen molar-refractivity contribution in [2.75, 3.05) is 0 Å². The molecule has 126 valence electrons. The molecule has 0 atom stereocenters. The van der Waals surface area contributed by atoms with E-state index in [1.165, 1.54) is 4.57 Å². The lowest BCUT2D eigenvalue weighted by Crippen LogP contribution is -2.23. The van der Waals surface area contributed by atoms with E-state index >= 15 is 0 Å². The molecule has 0 unspecified atom stereocenters. The molecule has 2 aromatic heterocycles. The summed E-state index contributed by atoms with van der Waals surface area (Å²) in [7, 11) is 1.79. The Balaban J connectivity index is 2.56. The third kappa shape index (κ3) is 3.20. The fraction of sp³-hybridized carbons (Fsp3) is 0.438. The van der Waals surface area contributed by atoms with Crippen molar-refractivity contribution < 1.29 is 5.11 Å². The van der Waals surface area contributed by atoms with Crippen molar-refractivity contribution in [1.82, 2.24) is 14.3 Å². The van der Waals surface area contributed by atoms with Crippen molar-refractivity contribution in [3.8, 4) is 11.9 Å².